The van der Waals surface area contributed by atoms with Crippen molar-refractivity contribution >= 4 is 17.4 Å². The van der Waals surface area contributed by atoms with Gasteiger partial charge >= 0.3 is 0 Å². The third-order valence-corrected chi connectivity index (χ3v) is 1.90. The molecule has 1 atom stereocenters. The van der Waals surface area contributed by atoms with E-state index in [1.54, 1.807) is 14.0 Å². The minimum atomic E-state index is -0.485. The van der Waals surface area contributed by atoms with Crippen molar-refractivity contribution in [2.45, 2.75) is 13.0 Å². The molecule has 0 bridgehead atoms. The van der Waals surface area contributed by atoms with Gasteiger partial charge in [-0.2, -0.15) is 5.10 Å². The zero-order valence-corrected chi connectivity index (χ0v) is 8.75. The molecule has 2 N–H and O–H groups in total. The first-order valence-electron chi connectivity index (χ1n) is 4.16. The van der Waals surface area contributed by atoms with Crippen LogP contribution in [0.15, 0.2) is 10.9 Å². The van der Waals surface area contributed by atoms with E-state index in [4.69, 9.17) is 16.7 Å². The Morgan fingerprint density at radius 3 is 3.00 bits per heavy atom. The van der Waals surface area contributed by atoms with E-state index in [2.05, 4.69) is 10.4 Å². The normalized spacial score (nSPS) is 12.6. The number of nitrogens with zero attached hydrogens (tertiary/aromatic N) is 2. The highest BCUT2D eigenvalue weighted by molar-refractivity contribution is 6.29. The maximum Gasteiger partial charge on any atom is 0.221 e. The van der Waals surface area contributed by atoms with Gasteiger partial charge in [-0.05, 0) is 6.92 Å². The highest BCUT2D eigenvalue weighted by Gasteiger charge is 2.04. The largest absolute Gasteiger partial charge is 0.392 e. The third-order valence-electron chi connectivity index (χ3n) is 1.64. The standard InChI is InChI=1S/C8H12ClN3O2/c1-5(13)4-10-7-3-6(14)8(9)11-12(7)2/h3,5,10,13H,4H2,1-2H3. The molecule has 0 aliphatic rings. The Labute approximate surface area is 86.3 Å². The number of nitrogens with one attached hydrogen (secondary N) is 1. The van der Waals surface area contributed by atoms with Crippen molar-refractivity contribution in [3.05, 3.63) is 21.4 Å². The molecule has 1 aromatic rings. The van der Waals surface area contributed by atoms with Crippen molar-refractivity contribution in [2.75, 3.05) is 11.9 Å². The number of aliphatic hydroxyl groups excluding tert-OH is 1. The molecule has 0 spiro atoms. The maximum absolute atomic E-state index is 11.1. The van der Waals surface area contributed by atoms with Crippen LogP contribution in [0, 0.1) is 0 Å². The van der Waals surface area contributed by atoms with Gasteiger partial charge in [-0.25, -0.2) is 0 Å². The highest BCUT2D eigenvalue weighted by Crippen LogP contribution is 2.03. The molecule has 1 aromatic heterocycles. The Morgan fingerprint density at radius 1 is 1.79 bits per heavy atom. The number of halogens is 1. The van der Waals surface area contributed by atoms with Gasteiger partial charge in [0.1, 0.15) is 5.82 Å². The molecule has 0 aromatic carbocycles. The van der Waals surface area contributed by atoms with Crippen LogP contribution < -0.4 is 10.7 Å². The summed E-state index contributed by atoms with van der Waals surface area (Å²) in [7, 11) is 1.66. The number of anilines is 1. The molecule has 0 amide bonds. The fourth-order valence-electron chi connectivity index (χ4n) is 0.930. The van der Waals surface area contributed by atoms with Crippen molar-refractivity contribution in [2.24, 2.45) is 7.05 Å². The zero-order chi connectivity index (χ0) is 10.7. The molecule has 0 fully saturated rings. The number of rotatable bonds is 3. The van der Waals surface area contributed by atoms with Gasteiger partial charge in [0.15, 0.2) is 5.15 Å². The van der Waals surface area contributed by atoms with Gasteiger partial charge in [-0.15, -0.1) is 0 Å². The Bertz CT molecular complexity index is 375. The predicted octanol–water partition coefficient (Wildman–Crippen LogP) is 0.226. The molecule has 1 heterocycles. The van der Waals surface area contributed by atoms with Gasteiger partial charge < -0.3 is 10.4 Å². The van der Waals surface area contributed by atoms with Gasteiger partial charge in [-0.3, -0.25) is 9.48 Å². The van der Waals surface area contributed by atoms with Crippen LogP contribution in [0.3, 0.4) is 0 Å². The molecule has 78 valence electrons. The number of aliphatic hydroxyl groups is 1. The monoisotopic (exact) mass is 217 g/mol. The van der Waals surface area contributed by atoms with E-state index in [9.17, 15) is 4.79 Å². The Kier molecular flexibility index (Phi) is 3.49. The molecule has 14 heavy (non-hydrogen) atoms. The van der Waals surface area contributed by atoms with E-state index in [1.807, 2.05) is 0 Å². The molecule has 0 aliphatic carbocycles. The summed E-state index contributed by atoms with van der Waals surface area (Å²) in [5, 5.41) is 15.6. The lowest BCUT2D eigenvalue weighted by atomic mass is 10.4. The van der Waals surface area contributed by atoms with Gasteiger partial charge in [0.05, 0.1) is 6.10 Å². The molecule has 0 radical (unpaired) electrons. The summed E-state index contributed by atoms with van der Waals surface area (Å²) in [6.07, 6.45) is -0.485. The minimum absolute atomic E-state index is 0.0601. The van der Waals surface area contributed by atoms with Gasteiger partial charge in [0.25, 0.3) is 0 Å². The fraction of sp³-hybridized carbons (Fsp3) is 0.500. The van der Waals surface area contributed by atoms with Crippen LogP contribution in [0.4, 0.5) is 5.82 Å². The smallest absolute Gasteiger partial charge is 0.221 e. The summed E-state index contributed by atoms with van der Waals surface area (Å²) in [6.45, 7) is 2.01. The van der Waals surface area contributed by atoms with Crippen molar-refractivity contribution in [1.29, 1.82) is 0 Å². The fourth-order valence-corrected chi connectivity index (χ4v) is 1.10. The second-order valence-electron chi connectivity index (χ2n) is 3.04. The lowest BCUT2D eigenvalue weighted by Crippen LogP contribution is -2.21. The van der Waals surface area contributed by atoms with Crippen LogP contribution in [0.25, 0.3) is 0 Å². The summed E-state index contributed by atoms with van der Waals surface area (Å²) in [5.74, 6) is 0.528. The average Bonchev–Trinajstić information content (AvgIpc) is 2.09. The van der Waals surface area contributed by atoms with Crippen molar-refractivity contribution in [3.8, 4) is 0 Å². The summed E-state index contributed by atoms with van der Waals surface area (Å²) < 4.78 is 1.45. The second kappa shape index (κ2) is 4.43. The predicted molar refractivity (Wildman–Crippen MR) is 54.7 cm³/mol. The number of hydrogen-bond acceptors (Lipinski definition) is 4. The van der Waals surface area contributed by atoms with Crippen LogP contribution in [0.5, 0.6) is 0 Å². The van der Waals surface area contributed by atoms with E-state index in [0.29, 0.717) is 12.4 Å². The Balaban J connectivity index is 2.87. The van der Waals surface area contributed by atoms with Crippen molar-refractivity contribution in [3.63, 3.8) is 0 Å². The molecule has 0 saturated carbocycles. The topological polar surface area (TPSA) is 67.2 Å². The van der Waals surface area contributed by atoms with Crippen LogP contribution in [0.1, 0.15) is 6.92 Å². The second-order valence-corrected chi connectivity index (χ2v) is 3.40. The summed E-state index contributed by atoms with van der Waals surface area (Å²) in [5.41, 5.74) is -0.335. The molecule has 1 unspecified atom stereocenters. The Morgan fingerprint density at radius 2 is 2.43 bits per heavy atom. The molecule has 6 heteroatoms. The average molecular weight is 218 g/mol. The zero-order valence-electron chi connectivity index (χ0n) is 7.99. The van der Waals surface area contributed by atoms with Gasteiger partial charge in [0.2, 0.25) is 5.43 Å². The maximum atomic E-state index is 11.1. The number of hydrogen-bond donors (Lipinski definition) is 2. The first kappa shape index (κ1) is 11.0. The van der Waals surface area contributed by atoms with E-state index < -0.39 is 6.10 Å². The van der Waals surface area contributed by atoms with Crippen LogP contribution in [-0.4, -0.2) is 27.5 Å². The van der Waals surface area contributed by atoms with Crippen LogP contribution in [-0.2, 0) is 7.05 Å². The van der Waals surface area contributed by atoms with E-state index in [-0.39, 0.29) is 10.6 Å². The molecular weight excluding hydrogens is 206 g/mol. The summed E-state index contributed by atoms with van der Waals surface area (Å²) in [4.78, 5) is 11.1. The molecular formula is C8H12ClN3O2. The van der Waals surface area contributed by atoms with Gasteiger partial charge in [-0.1, -0.05) is 11.6 Å². The molecule has 5 nitrogen and oxygen atoms in total. The van der Waals surface area contributed by atoms with E-state index >= 15 is 0 Å². The first-order valence-corrected chi connectivity index (χ1v) is 4.54. The minimum Gasteiger partial charge on any atom is -0.392 e. The van der Waals surface area contributed by atoms with Crippen molar-refractivity contribution in [1.82, 2.24) is 9.78 Å². The molecule has 0 saturated heterocycles. The third kappa shape index (κ3) is 2.71. The summed E-state index contributed by atoms with van der Waals surface area (Å²) >= 11 is 5.53. The van der Waals surface area contributed by atoms with E-state index in [0.717, 1.165) is 0 Å². The van der Waals surface area contributed by atoms with E-state index in [1.165, 1.54) is 10.7 Å². The summed E-state index contributed by atoms with van der Waals surface area (Å²) in [6, 6.07) is 1.34. The first-order chi connectivity index (χ1) is 6.50. The highest BCUT2D eigenvalue weighted by atomic mass is 35.5. The molecule has 1 rings (SSSR count). The quantitative estimate of drug-likeness (QED) is 0.761. The molecule has 0 aliphatic heterocycles. The lowest BCUT2D eigenvalue weighted by molar-refractivity contribution is 0.208. The van der Waals surface area contributed by atoms with Crippen LogP contribution in [0.2, 0.25) is 5.15 Å². The SMILES string of the molecule is CC(O)CNc1cc(=O)c(Cl)nn1C. The lowest BCUT2D eigenvalue weighted by Gasteiger charge is -2.11. The van der Waals surface area contributed by atoms with Crippen LogP contribution >= 0.6 is 11.6 Å². The van der Waals surface area contributed by atoms with Crippen molar-refractivity contribution < 1.29 is 5.11 Å². The Hall–Kier alpha value is -1.07. The van der Waals surface area contributed by atoms with Gasteiger partial charge in [0, 0.05) is 19.7 Å². The number of aryl methyl sites for hydroxylation is 1. The number of aromatic nitrogens is 2.